The number of amides is 1. The fraction of sp³-hybridized carbons (Fsp3) is 0.617. The lowest BCUT2D eigenvalue weighted by molar-refractivity contribution is -0.258. The van der Waals surface area contributed by atoms with Crippen molar-refractivity contribution in [1.29, 1.82) is 0 Å². The van der Waals surface area contributed by atoms with Crippen LogP contribution in [-0.4, -0.2) is 103 Å². The van der Waals surface area contributed by atoms with E-state index in [0.29, 0.717) is 43.1 Å². The summed E-state index contributed by atoms with van der Waals surface area (Å²) < 4.78 is 26.8. The number of rotatable bonds is 24. The Morgan fingerprint density at radius 1 is 0.983 bits per heavy atom. The van der Waals surface area contributed by atoms with Crippen molar-refractivity contribution in [1.82, 2.24) is 4.90 Å². The molecule has 324 valence electrons. The average molecular weight is 835 g/mol. The van der Waals surface area contributed by atoms with E-state index in [0.717, 1.165) is 72.4 Å². The summed E-state index contributed by atoms with van der Waals surface area (Å²) in [7, 11) is 1.56. The number of oxime groups is 1. The highest BCUT2D eigenvalue weighted by molar-refractivity contribution is 7.98. The normalized spacial score (nSPS) is 25.5. The molecule has 0 saturated heterocycles. The molecule has 3 N–H and O–H groups in total. The third-order valence-electron chi connectivity index (χ3n) is 12.8. The maximum absolute atomic E-state index is 14.7. The van der Waals surface area contributed by atoms with Crippen LogP contribution in [0.4, 0.5) is 0 Å². The number of aliphatic hydroxyl groups excluding tert-OH is 3. The highest BCUT2D eigenvalue weighted by Crippen LogP contribution is 2.62. The van der Waals surface area contributed by atoms with Gasteiger partial charge in [-0.25, -0.2) is 0 Å². The maximum atomic E-state index is 14.7. The van der Waals surface area contributed by atoms with Crippen LogP contribution in [-0.2, 0) is 19.1 Å². The van der Waals surface area contributed by atoms with E-state index in [1.165, 1.54) is 12.8 Å². The summed E-state index contributed by atoms with van der Waals surface area (Å²) in [6.45, 7) is 5.05. The third kappa shape index (κ3) is 10.7. The molecule has 0 bridgehead atoms. The first kappa shape index (κ1) is 45.1. The van der Waals surface area contributed by atoms with Gasteiger partial charge in [-0.2, -0.15) is 0 Å². The summed E-state index contributed by atoms with van der Waals surface area (Å²) in [5.74, 6) is 0.960. The van der Waals surface area contributed by atoms with Crippen molar-refractivity contribution < 1.29 is 43.9 Å². The Morgan fingerprint density at radius 2 is 1.73 bits per heavy atom. The molecule has 0 spiro atoms. The predicted molar refractivity (Wildman–Crippen MR) is 231 cm³/mol. The van der Waals surface area contributed by atoms with Crippen LogP contribution >= 0.6 is 11.8 Å². The van der Waals surface area contributed by atoms with Gasteiger partial charge in [0.25, 0.3) is 0 Å². The molecular formula is C47H66N2O9S. The Morgan fingerprint density at radius 3 is 2.42 bits per heavy atom. The number of benzene rings is 2. The van der Waals surface area contributed by atoms with Crippen molar-refractivity contribution in [2.45, 2.75) is 106 Å². The van der Waals surface area contributed by atoms with E-state index in [4.69, 9.17) is 28.9 Å². The number of aliphatic hydroxyl groups is 3. The number of ether oxygens (including phenoxy) is 4. The van der Waals surface area contributed by atoms with Gasteiger partial charge in [0.15, 0.2) is 0 Å². The number of hydrogen-bond donors (Lipinski definition) is 3. The zero-order valence-electron chi connectivity index (χ0n) is 35.1. The molecule has 0 radical (unpaired) electrons. The number of carbonyl (C=O) groups is 1. The molecule has 6 atom stereocenters. The zero-order chi connectivity index (χ0) is 41.6. The third-order valence-corrected chi connectivity index (χ3v) is 13.5. The van der Waals surface area contributed by atoms with E-state index in [1.807, 2.05) is 47.6 Å². The second-order valence-corrected chi connectivity index (χ2v) is 17.2. The van der Waals surface area contributed by atoms with Gasteiger partial charge in [0.1, 0.15) is 30.4 Å². The van der Waals surface area contributed by atoms with Crippen molar-refractivity contribution >= 4 is 23.4 Å². The molecule has 4 aliphatic rings. The predicted octanol–water partition coefficient (Wildman–Crippen LogP) is 8.27. The summed E-state index contributed by atoms with van der Waals surface area (Å²) >= 11 is 1.68. The summed E-state index contributed by atoms with van der Waals surface area (Å²) in [4.78, 5) is 23.4. The molecule has 2 fully saturated rings. The summed E-state index contributed by atoms with van der Waals surface area (Å²) in [6, 6.07) is 13.5. The van der Waals surface area contributed by atoms with Crippen LogP contribution in [0.5, 0.6) is 17.2 Å². The Bertz CT molecular complexity index is 1710. The van der Waals surface area contributed by atoms with Crippen molar-refractivity contribution in [3.05, 3.63) is 72.3 Å². The number of unbranched alkanes of at least 4 members (excludes halogenated alkanes) is 2. The monoisotopic (exact) mass is 834 g/mol. The van der Waals surface area contributed by atoms with Crippen LogP contribution < -0.4 is 9.47 Å². The van der Waals surface area contributed by atoms with Crippen molar-refractivity contribution in [2.24, 2.45) is 28.8 Å². The standard InChI is InChI=1S/C47H66N2O9S/c1-4-27-56-47-43(49(23-28-55-29-26-52)44(53)22-15-33-11-5-6-12-33)32-41(48-54-2)39-30-34(13-7-9-24-50)38(14-8-10-25-51)45(46(39)47)40-31-36(18-21-42(40)58-47)57-35-16-19-37(59-3)20-17-35/h4,16-21,30-31,33-34,38,43,45-46,50-52H,1,5-15,22-29,32H2,2-3H3/t34-,38+,43-,45+,46+,47+/m0/s1. The minimum atomic E-state index is -1.34. The molecule has 2 aromatic carbocycles. The molecule has 1 heterocycles. The highest BCUT2D eigenvalue weighted by atomic mass is 32.2. The van der Waals surface area contributed by atoms with Crippen LogP contribution in [0.15, 0.2) is 76.8 Å². The molecule has 6 rings (SSSR count). The Labute approximate surface area is 355 Å². The maximum Gasteiger partial charge on any atom is 0.239 e. The molecule has 0 aromatic heterocycles. The van der Waals surface area contributed by atoms with E-state index in [9.17, 15) is 20.1 Å². The number of carbonyl (C=O) groups excluding carboxylic acids is 1. The van der Waals surface area contributed by atoms with Crippen molar-refractivity contribution in [2.75, 3.05) is 59.6 Å². The van der Waals surface area contributed by atoms with E-state index in [2.05, 4.69) is 18.7 Å². The average Bonchev–Trinajstić information content (AvgIpc) is 3.78. The first-order chi connectivity index (χ1) is 28.9. The van der Waals surface area contributed by atoms with E-state index in [-0.39, 0.29) is 69.8 Å². The highest BCUT2D eigenvalue weighted by Gasteiger charge is 2.65. The van der Waals surface area contributed by atoms with Gasteiger partial charge in [0.05, 0.1) is 38.1 Å². The van der Waals surface area contributed by atoms with E-state index < -0.39 is 17.7 Å². The van der Waals surface area contributed by atoms with Gasteiger partial charge in [0, 0.05) is 49.0 Å². The summed E-state index contributed by atoms with van der Waals surface area (Å²) in [5.41, 5.74) is 2.74. The van der Waals surface area contributed by atoms with Gasteiger partial charge in [-0.1, -0.05) is 55.8 Å². The van der Waals surface area contributed by atoms with E-state index >= 15 is 0 Å². The lowest BCUT2D eigenvalue weighted by atomic mass is 9.55. The topological polar surface area (TPSA) is 140 Å². The lowest BCUT2D eigenvalue weighted by Crippen LogP contribution is -2.70. The smallest absolute Gasteiger partial charge is 0.239 e. The molecule has 59 heavy (non-hydrogen) atoms. The Hall–Kier alpha value is -3.39. The number of thioether (sulfide) groups is 1. The Kier molecular flexibility index (Phi) is 17.2. The fourth-order valence-corrected chi connectivity index (χ4v) is 10.6. The molecule has 1 amide bonds. The largest absolute Gasteiger partial charge is 0.459 e. The second kappa shape index (κ2) is 22.5. The Balaban J connectivity index is 1.52. The minimum absolute atomic E-state index is 0.0136. The van der Waals surface area contributed by atoms with Gasteiger partial charge >= 0.3 is 0 Å². The second-order valence-electron chi connectivity index (χ2n) is 16.3. The van der Waals surface area contributed by atoms with Crippen LogP contribution in [0, 0.1) is 23.7 Å². The van der Waals surface area contributed by atoms with Crippen LogP contribution in [0.1, 0.15) is 95.0 Å². The molecule has 3 aliphatic carbocycles. The summed E-state index contributed by atoms with van der Waals surface area (Å²) in [5, 5.41) is 34.1. The number of nitrogens with zero attached hydrogens (tertiary/aromatic N) is 2. The molecule has 12 heteroatoms. The van der Waals surface area contributed by atoms with Gasteiger partial charge in [-0.05, 0) is 104 Å². The molecular weight excluding hydrogens is 769 g/mol. The quantitative estimate of drug-likeness (QED) is 0.0410. The molecule has 11 nitrogen and oxygen atoms in total. The molecule has 2 aromatic rings. The fourth-order valence-electron chi connectivity index (χ4n) is 10.2. The zero-order valence-corrected chi connectivity index (χ0v) is 35.9. The minimum Gasteiger partial charge on any atom is -0.459 e. The lowest BCUT2D eigenvalue weighted by Gasteiger charge is -2.60. The SMILES string of the molecule is C=CCO[C@@]12Oc3ccc(Oc4ccc(SC)cc4)cc3[C@H]3[C@H](CCCCO)[C@@H](CCCCO)C=C(C(=NOC)C[C@@H]1N(CCOCCO)C(=O)CCC1CCCC1)[C@H]32. The van der Waals surface area contributed by atoms with Crippen LogP contribution in [0.2, 0.25) is 0 Å². The molecule has 1 aliphatic heterocycles. The van der Waals surface area contributed by atoms with Gasteiger partial charge in [0.2, 0.25) is 11.7 Å². The number of allylic oxidation sites excluding steroid dienone is 1. The van der Waals surface area contributed by atoms with E-state index in [1.54, 1.807) is 24.9 Å². The first-order valence-electron chi connectivity index (χ1n) is 21.8. The van der Waals surface area contributed by atoms with Crippen molar-refractivity contribution in [3.8, 4) is 17.2 Å². The van der Waals surface area contributed by atoms with Gasteiger partial charge < -0.3 is 44.0 Å². The number of hydrogen-bond acceptors (Lipinski definition) is 11. The van der Waals surface area contributed by atoms with Gasteiger partial charge in [-0.15, -0.1) is 18.3 Å². The molecule has 0 unspecified atom stereocenters. The molecule has 2 saturated carbocycles. The first-order valence-corrected chi connectivity index (χ1v) is 23.0. The summed E-state index contributed by atoms with van der Waals surface area (Å²) in [6.07, 6.45) is 17.2. The number of fused-ring (bicyclic) bond motifs is 2. The van der Waals surface area contributed by atoms with Crippen LogP contribution in [0.25, 0.3) is 0 Å². The van der Waals surface area contributed by atoms with Crippen LogP contribution in [0.3, 0.4) is 0 Å². The van der Waals surface area contributed by atoms with Crippen molar-refractivity contribution in [3.63, 3.8) is 0 Å². The van der Waals surface area contributed by atoms with Gasteiger partial charge in [-0.3, -0.25) is 4.79 Å².